The van der Waals surface area contributed by atoms with E-state index in [4.69, 9.17) is 5.73 Å². The fourth-order valence-corrected chi connectivity index (χ4v) is 3.12. The standard InChI is InChI=1S/C16H20F3N3O/c17-16(18,19)23-14-4-2-1-3-13(14)15(11-21)7-5-12(6-8-15)22-10-9-20/h1-4,12,22H,5-10,20H2. The molecule has 1 aliphatic rings. The van der Waals surface area contributed by atoms with Crippen LogP contribution in [0, 0.1) is 11.3 Å². The molecule has 0 atom stereocenters. The van der Waals surface area contributed by atoms with Gasteiger partial charge in [0, 0.05) is 24.7 Å². The van der Waals surface area contributed by atoms with E-state index < -0.39 is 11.8 Å². The second-order valence-corrected chi connectivity index (χ2v) is 5.75. The van der Waals surface area contributed by atoms with Crippen molar-refractivity contribution in [2.75, 3.05) is 13.1 Å². The molecule has 0 radical (unpaired) electrons. The number of para-hydroxylation sites is 1. The monoisotopic (exact) mass is 327 g/mol. The van der Waals surface area contributed by atoms with Gasteiger partial charge in [-0.15, -0.1) is 13.2 Å². The molecular formula is C16H20F3N3O. The van der Waals surface area contributed by atoms with Crippen LogP contribution in [-0.4, -0.2) is 25.5 Å². The molecule has 0 spiro atoms. The summed E-state index contributed by atoms with van der Waals surface area (Å²) in [7, 11) is 0. The number of hydrogen-bond donors (Lipinski definition) is 2. The molecule has 1 fully saturated rings. The SMILES string of the molecule is N#CC1(c2ccccc2OC(F)(F)F)CCC(NCCN)CC1. The Bertz CT molecular complexity index is 560. The molecule has 126 valence electrons. The third kappa shape index (κ3) is 4.36. The summed E-state index contributed by atoms with van der Waals surface area (Å²) in [5.74, 6) is -0.282. The lowest BCUT2D eigenvalue weighted by molar-refractivity contribution is -0.275. The molecular weight excluding hydrogens is 307 g/mol. The minimum atomic E-state index is -4.77. The van der Waals surface area contributed by atoms with Crippen LogP contribution in [0.4, 0.5) is 13.2 Å². The molecule has 0 bridgehead atoms. The zero-order chi connectivity index (χ0) is 16.9. The minimum absolute atomic E-state index is 0.246. The summed E-state index contributed by atoms with van der Waals surface area (Å²) in [5, 5.41) is 12.9. The molecule has 1 aliphatic carbocycles. The van der Waals surface area contributed by atoms with Gasteiger partial charge in [0.05, 0.1) is 11.5 Å². The van der Waals surface area contributed by atoms with E-state index in [2.05, 4.69) is 16.1 Å². The van der Waals surface area contributed by atoms with E-state index in [-0.39, 0.29) is 11.8 Å². The highest BCUT2D eigenvalue weighted by Gasteiger charge is 2.41. The van der Waals surface area contributed by atoms with Crippen LogP contribution in [0.15, 0.2) is 24.3 Å². The molecule has 1 aromatic carbocycles. The van der Waals surface area contributed by atoms with Crippen LogP contribution in [0.2, 0.25) is 0 Å². The Morgan fingerprint density at radius 3 is 2.52 bits per heavy atom. The quantitative estimate of drug-likeness (QED) is 0.872. The minimum Gasteiger partial charge on any atom is -0.405 e. The summed E-state index contributed by atoms with van der Waals surface area (Å²) in [5.41, 5.74) is 4.83. The number of nitrogens with zero attached hydrogens (tertiary/aromatic N) is 1. The van der Waals surface area contributed by atoms with Gasteiger partial charge in [-0.25, -0.2) is 0 Å². The topological polar surface area (TPSA) is 71.1 Å². The predicted molar refractivity (Wildman–Crippen MR) is 79.7 cm³/mol. The lowest BCUT2D eigenvalue weighted by Crippen LogP contribution is -2.41. The molecule has 1 aromatic rings. The van der Waals surface area contributed by atoms with Crippen molar-refractivity contribution in [1.82, 2.24) is 5.32 Å². The average molecular weight is 327 g/mol. The van der Waals surface area contributed by atoms with Crippen LogP contribution in [0.1, 0.15) is 31.2 Å². The van der Waals surface area contributed by atoms with Gasteiger partial charge in [0.2, 0.25) is 0 Å². The Balaban J connectivity index is 2.21. The smallest absolute Gasteiger partial charge is 0.405 e. The van der Waals surface area contributed by atoms with Crippen molar-refractivity contribution in [2.24, 2.45) is 5.73 Å². The molecule has 1 saturated carbocycles. The van der Waals surface area contributed by atoms with Crippen LogP contribution in [0.5, 0.6) is 5.75 Å². The van der Waals surface area contributed by atoms with E-state index in [9.17, 15) is 18.4 Å². The van der Waals surface area contributed by atoms with E-state index in [1.165, 1.54) is 12.1 Å². The third-order valence-electron chi connectivity index (χ3n) is 4.26. The van der Waals surface area contributed by atoms with Crippen molar-refractivity contribution in [3.63, 3.8) is 0 Å². The Kier molecular flexibility index (Phi) is 5.50. The third-order valence-corrected chi connectivity index (χ3v) is 4.26. The number of alkyl halides is 3. The number of nitrogens with one attached hydrogen (secondary N) is 1. The number of nitriles is 1. The van der Waals surface area contributed by atoms with Crippen LogP contribution in [0.25, 0.3) is 0 Å². The van der Waals surface area contributed by atoms with Crippen molar-refractivity contribution >= 4 is 0 Å². The maximum absolute atomic E-state index is 12.6. The van der Waals surface area contributed by atoms with Gasteiger partial charge in [-0.3, -0.25) is 0 Å². The Hall–Kier alpha value is -1.78. The van der Waals surface area contributed by atoms with E-state index in [1.807, 2.05) is 0 Å². The molecule has 0 aliphatic heterocycles. The molecule has 0 unspecified atom stereocenters. The zero-order valence-electron chi connectivity index (χ0n) is 12.7. The number of hydrogen-bond acceptors (Lipinski definition) is 4. The second kappa shape index (κ2) is 7.20. The molecule has 0 amide bonds. The lowest BCUT2D eigenvalue weighted by atomic mass is 9.69. The van der Waals surface area contributed by atoms with Gasteiger partial charge in [0.1, 0.15) is 5.75 Å². The molecule has 3 N–H and O–H groups in total. The van der Waals surface area contributed by atoms with Gasteiger partial charge < -0.3 is 15.8 Å². The van der Waals surface area contributed by atoms with Crippen LogP contribution < -0.4 is 15.8 Å². The number of ether oxygens (including phenoxy) is 1. The molecule has 7 heteroatoms. The maximum Gasteiger partial charge on any atom is 0.573 e. The molecule has 0 saturated heterocycles. The summed E-state index contributed by atoms with van der Waals surface area (Å²) < 4.78 is 41.9. The van der Waals surface area contributed by atoms with Crippen molar-refractivity contribution < 1.29 is 17.9 Å². The molecule has 2 rings (SSSR count). The summed E-state index contributed by atoms with van der Waals surface area (Å²) in [6.45, 7) is 1.22. The van der Waals surface area contributed by atoms with E-state index in [0.717, 1.165) is 0 Å². The Morgan fingerprint density at radius 2 is 1.96 bits per heavy atom. The first-order valence-corrected chi connectivity index (χ1v) is 7.60. The average Bonchev–Trinajstić information content (AvgIpc) is 2.52. The highest BCUT2D eigenvalue weighted by molar-refractivity contribution is 5.44. The van der Waals surface area contributed by atoms with Gasteiger partial charge in [-0.2, -0.15) is 5.26 Å². The van der Waals surface area contributed by atoms with Crippen molar-refractivity contribution in [2.45, 2.75) is 43.5 Å². The molecule has 23 heavy (non-hydrogen) atoms. The fourth-order valence-electron chi connectivity index (χ4n) is 3.12. The van der Waals surface area contributed by atoms with Crippen LogP contribution in [-0.2, 0) is 5.41 Å². The largest absolute Gasteiger partial charge is 0.573 e. The highest BCUT2D eigenvalue weighted by Crippen LogP contribution is 2.43. The fraction of sp³-hybridized carbons (Fsp3) is 0.562. The molecule has 0 heterocycles. The number of rotatable bonds is 5. The first-order valence-electron chi connectivity index (χ1n) is 7.60. The first kappa shape index (κ1) is 17.6. The first-order chi connectivity index (χ1) is 10.9. The van der Waals surface area contributed by atoms with Crippen molar-refractivity contribution in [3.8, 4) is 11.8 Å². The zero-order valence-corrected chi connectivity index (χ0v) is 12.7. The summed E-state index contributed by atoms with van der Waals surface area (Å²) in [6.07, 6.45) is -2.36. The van der Waals surface area contributed by atoms with Crippen molar-refractivity contribution in [3.05, 3.63) is 29.8 Å². The Labute approximate surface area is 133 Å². The molecule has 0 aromatic heterocycles. The number of halogens is 3. The van der Waals surface area contributed by atoms with E-state index in [1.54, 1.807) is 12.1 Å². The second-order valence-electron chi connectivity index (χ2n) is 5.75. The summed E-state index contributed by atoms with van der Waals surface area (Å²) in [6, 6.07) is 8.41. The van der Waals surface area contributed by atoms with Crippen LogP contribution >= 0.6 is 0 Å². The lowest BCUT2D eigenvalue weighted by Gasteiger charge is -2.36. The highest BCUT2D eigenvalue weighted by atomic mass is 19.4. The van der Waals surface area contributed by atoms with Gasteiger partial charge in [0.15, 0.2) is 0 Å². The maximum atomic E-state index is 12.6. The summed E-state index contributed by atoms with van der Waals surface area (Å²) >= 11 is 0. The number of benzene rings is 1. The Morgan fingerprint density at radius 1 is 1.30 bits per heavy atom. The van der Waals surface area contributed by atoms with E-state index in [0.29, 0.717) is 44.3 Å². The van der Waals surface area contributed by atoms with Crippen molar-refractivity contribution in [1.29, 1.82) is 5.26 Å². The van der Waals surface area contributed by atoms with Gasteiger partial charge in [0.25, 0.3) is 0 Å². The summed E-state index contributed by atoms with van der Waals surface area (Å²) in [4.78, 5) is 0. The van der Waals surface area contributed by atoms with Gasteiger partial charge in [-0.1, -0.05) is 18.2 Å². The van der Waals surface area contributed by atoms with Gasteiger partial charge >= 0.3 is 6.36 Å². The van der Waals surface area contributed by atoms with Gasteiger partial charge in [-0.05, 0) is 31.7 Å². The van der Waals surface area contributed by atoms with E-state index >= 15 is 0 Å². The predicted octanol–water partition coefficient (Wildman–Crippen LogP) is 2.84. The number of nitrogens with two attached hydrogens (primary N) is 1. The van der Waals surface area contributed by atoms with Crippen LogP contribution in [0.3, 0.4) is 0 Å². The normalized spacial score (nSPS) is 24.9. The molecule has 4 nitrogen and oxygen atoms in total.